The van der Waals surface area contributed by atoms with Crippen LogP contribution in [0.3, 0.4) is 0 Å². The van der Waals surface area contributed by atoms with Gasteiger partial charge in [0.1, 0.15) is 11.5 Å². The van der Waals surface area contributed by atoms with E-state index in [1.54, 1.807) is 24.3 Å². The highest BCUT2D eigenvalue weighted by Crippen LogP contribution is 2.30. The molecule has 0 N–H and O–H groups in total. The van der Waals surface area contributed by atoms with Gasteiger partial charge in [-0.25, -0.2) is 0 Å². The Bertz CT molecular complexity index is 747. The summed E-state index contributed by atoms with van der Waals surface area (Å²) in [6, 6.07) is 7.96. The molecule has 0 aromatic heterocycles. The molecule has 2 aromatic carbocycles. The summed E-state index contributed by atoms with van der Waals surface area (Å²) in [4.78, 5) is 11.3. The Morgan fingerprint density at radius 2 is 1.62 bits per heavy atom. The summed E-state index contributed by atoms with van der Waals surface area (Å²) in [5, 5.41) is 0. The molecule has 0 heterocycles. The zero-order valence-corrected chi connectivity index (χ0v) is 13.1. The van der Waals surface area contributed by atoms with E-state index in [1.165, 1.54) is 26.4 Å². The minimum Gasteiger partial charge on any atom is -0.497 e. The molecule has 0 atom stereocenters. The number of hydrogen-bond donors (Lipinski definition) is 0. The van der Waals surface area contributed by atoms with E-state index in [-0.39, 0.29) is 0 Å². The molecular weight excluding hydrogens is 321 g/mol. The van der Waals surface area contributed by atoms with Crippen LogP contribution in [-0.2, 0) is 6.18 Å². The number of aldehydes is 1. The molecule has 0 radical (unpaired) electrons. The van der Waals surface area contributed by atoms with Crippen molar-refractivity contribution in [3.8, 4) is 11.5 Å². The van der Waals surface area contributed by atoms with E-state index in [2.05, 4.69) is 0 Å². The summed E-state index contributed by atoms with van der Waals surface area (Å²) in [6.07, 6.45) is -0.476. The highest BCUT2D eigenvalue weighted by atomic mass is 19.4. The fourth-order valence-electron chi connectivity index (χ4n) is 2.14. The summed E-state index contributed by atoms with van der Waals surface area (Å²) in [5.74, 6) is 0.862. The zero-order valence-electron chi connectivity index (χ0n) is 13.1. The van der Waals surface area contributed by atoms with E-state index < -0.39 is 11.7 Å². The van der Waals surface area contributed by atoms with Gasteiger partial charge in [0.2, 0.25) is 0 Å². The van der Waals surface area contributed by atoms with E-state index >= 15 is 0 Å². The molecule has 0 bridgehead atoms. The van der Waals surface area contributed by atoms with E-state index in [0.29, 0.717) is 34.5 Å². The van der Waals surface area contributed by atoms with Gasteiger partial charge in [-0.05, 0) is 29.3 Å². The Morgan fingerprint density at radius 1 is 0.958 bits per heavy atom. The van der Waals surface area contributed by atoms with Crippen LogP contribution >= 0.6 is 0 Å². The van der Waals surface area contributed by atoms with Crippen molar-refractivity contribution in [3.63, 3.8) is 0 Å². The van der Waals surface area contributed by atoms with Crippen molar-refractivity contribution in [2.75, 3.05) is 14.2 Å². The molecule has 2 aromatic rings. The Hall–Kier alpha value is -2.76. The second-order valence-electron chi connectivity index (χ2n) is 4.90. The zero-order chi connectivity index (χ0) is 17.7. The second kappa shape index (κ2) is 7.21. The number of methoxy groups -OCH3 is 2. The predicted molar refractivity (Wildman–Crippen MR) is 85.3 cm³/mol. The number of alkyl halides is 3. The number of carbonyl (C=O) groups excluding carboxylic acids is 1. The number of benzene rings is 2. The fourth-order valence-corrected chi connectivity index (χ4v) is 2.14. The van der Waals surface area contributed by atoms with Crippen molar-refractivity contribution in [3.05, 3.63) is 58.7 Å². The molecule has 0 spiro atoms. The summed E-state index contributed by atoms with van der Waals surface area (Å²) >= 11 is 0. The van der Waals surface area contributed by atoms with Gasteiger partial charge < -0.3 is 9.47 Å². The van der Waals surface area contributed by atoms with E-state index in [0.717, 1.165) is 12.1 Å². The van der Waals surface area contributed by atoms with Crippen LogP contribution in [0.5, 0.6) is 11.5 Å². The normalized spacial score (nSPS) is 11.5. The molecule has 0 aliphatic rings. The van der Waals surface area contributed by atoms with Crippen LogP contribution in [-0.4, -0.2) is 20.5 Å². The van der Waals surface area contributed by atoms with Crippen molar-refractivity contribution in [2.24, 2.45) is 0 Å². The summed E-state index contributed by atoms with van der Waals surface area (Å²) in [7, 11) is 2.92. The third-order valence-electron chi connectivity index (χ3n) is 3.41. The molecule has 0 unspecified atom stereocenters. The first-order chi connectivity index (χ1) is 11.4. The topological polar surface area (TPSA) is 35.5 Å². The predicted octanol–water partition coefficient (Wildman–Crippen LogP) is 4.71. The first-order valence-corrected chi connectivity index (χ1v) is 6.95. The Kier molecular flexibility index (Phi) is 5.28. The quantitative estimate of drug-likeness (QED) is 0.586. The number of hydrogen-bond acceptors (Lipinski definition) is 3. The van der Waals surface area contributed by atoms with Crippen LogP contribution in [0.15, 0.2) is 36.4 Å². The molecule has 0 aliphatic carbocycles. The molecule has 3 nitrogen and oxygen atoms in total. The smallest absolute Gasteiger partial charge is 0.416 e. The molecule has 126 valence electrons. The number of carbonyl (C=O) groups is 1. The standard InChI is InChI=1S/C18H15F3O3/c1-23-15-9-13(16(11-22)17(10-15)24-2)6-3-12-4-7-14(8-5-12)18(19,20)21/h3-11H,1-2H3/b6-3+. The van der Waals surface area contributed by atoms with Gasteiger partial charge in [-0.1, -0.05) is 24.3 Å². The minimum atomic E-state index is -4.37. The Morgan fingerprint density at radius 3 is 2.12 bits per heavy atom. The Labute approximate surface area is 137 Å². The maximum atomic E-state index is 12.6. The third kappa shape index (κ3) is 3.95. The fraction of sp³-hybridized carbons (Fsp3) is 0.167. The Balaban J connectivity index is 2.36. The molecule has 24 heavy (non-hydrogen) atoms. The lowest BCUT2D eigenvalue weighted by atomic mass is 10.0. The molecule has 0 saturated heterocycles. The van der Waals surface area contributed by atoms with Crippen LogP contribution in [0.4, 0.5) is 13.2 Å². The minimum absolute atomic E-state index is 0.335. The summed E-state index contributed by atoms with van der Waals surface area (Å²) in [6.45, 7) is 0. The molecule has 2 rings (SSSR count). The van der Waals surface area contributed by atoms with Gasteiger partial charge in [0.05, 0.1) is 25.3 Å². The first-order valence-electron chi connectivity index (χ1n) is 6.95. The van der Waals surface area contributed by atoms with Crippen molar-refractivity contribution in [1.82, 2.24) is 0 Å². The average molecular weight is 336 g/mol. The van der Waals surface area contributed by atoms with E-state index in [1.807, 2.05) is 0 Å². The highest BCUT2D eigenvalue weighted by Gasteiger charge is 2.29. The van der Waals surface area contributed by atoms with Crippen LogP contribution in [0.2, 0.25) is 0 Å². The van der Waals surface area contributed by atoms with Gasteiger partial charge in [-0.3, -0.25) is 4.79 Å². The SMILES string of the molecule is COc1cc(/C=C/c2ccc(C(F)(F)F)cc2)c(C=O)c(OC)c1. The molecule has 0 fully saturated rings. The van der Waals surface area contributed by atoms with Gasteiger partial charge in [0.25, 0.3) is 0 Å². The van der Waals surface area contributed by atoms with Crippen LogP contribution < -0.4 is 9.47 Å². The molecule has 0 saturated carbocycles. The second-order valence-corrected chi connectivity index (χ2v) is 4.90. The number of halogens is 3. The van der Waals surface area contributed by atoms with Crippen molar-refractivity contribution in [1.29, 1.82) is 0 Å². The molecular formula is C18H15F3O3. The number of rotatable bonds is 5. The van der Waals surface area contributed by atoms with Crippen LogP contribution in [0.25, 0.3) is 12.2 Å². The van der Waals surface area contributed by atoms with Crippen molar-refractivity contribution in [2.45, 2.75) is 6.18 Å². The lowest BCUT2D eigenvalue weighted by molar-refractivity contribution is -0.137. The lowest BCUT2D eigenvalue weighted by Crippen LogP contribution is -2.03. The van der Waals surface area contributed by atoms with Gasteiger partial charge >= 0.3 is 6.18 Å². The average Bonchev–Trinajstić information content (AvgIpc) is 2.58. The van der Waals surface area contributed by atoms with E-state index in [4.69, 9.17) is 9.47 Å². The summed E-state index contributed by atoms with van der Waals surface area (Å²) in [5.41, 5.74) is 0.737. The molecule has 0 amide bonds. The molecule has 6 heteroatoms. The van der Waals surface area contributed by atoms with Gasteiger partial charge in [0.15, 0.2) is 6.29 Å². The lowest BCUT2D eigenvalue weighted by Gasteiger charge is -2.10. The van der Waals surface area contributed by atoms with Crippen LogP contribution in [0.1, 0.15) is 27.0 Å². The van der Waals surface area contributed by atoms with Gasteiger partial charge in [-0.15, -0.1) is 0 Å². The summed E-state index contributed by atoms with van der Waals surface area (Å²) < 4.78 is 48.0. The van der Waals surface area contributed by atoms with Gasteiger partial charge in [-0.2, -0.15) is 13.2 Å². The maximum Gasteiger partial charge on any atom is 0.416 e. The number of ether oxygens (including phenoxy) is 2. The van der Waals surface area contributed by atoms with Crippen molar-refractivity contribution >= 4 is 18.4 Å². The van der Waals surface area contributed by atoms with E-state index in [9.17, 15) is 18.0 Å². The van der Waals surface area contributed by atoms with Gasteiger partial charge in [0, 0.05) is 6.07 Å². The molecule has 0 aliphatic heterocycles. The van der Waals surface area contributed by atoms with Crippen molar-refractivity contribution < 1.29 is 27.4 Å². The third-order valence-corrected chi connectivity index (χ3v) is 3.41. The maximum absolute atomic E-state index is 12.6. The first kappa shape index (κ1) is 17.6. The highest BCUT2D eigenvalue weighted by molar-refractivity contribution is 5.89. The van der Waals surface area contributed by atoms with Crippen LogP contribution in [0, 0.1) is 0 Å². The monoisotopic (exact) mass is 336 g/mol. The largest absolute Gasteiger partial charge is 0.497 e.